The number of halogens is 1. The van der Waals surface area contributed by atoms with E-state index >= 15 is 0 Å². The van der Waals surface area contributed by atoms with E-state index in [9.17, 15) is 0 Å². The molecule has 1 aromatic heterocycles. The smallest absolute Gasteiger partial charge is 0.119 e. The first-order chi connectivity index (χ1) is 9.27. The molecule has 1 heterocycles. The molecular formula is C16H23ClN2O. The van der Waals surface area contributed by atoms with E-state index in [0.29, 0.717) is 0 Å². The van der Waals surface area contributed by atoms with Gasteiger partial charge in [-0.2, -0.15) is 5.10 Å². The number of hydrogen-bond donors (Lipinski definition) is 1. The molecule has 110 valence electrons. The van der Waals surface area contributed by atoms with E-state index in [-0.39, 0.29) is 12.4 Å². The van der Waals surface area contributed by atoms with Crippen LogP contribution in [-0.4, -0.2) is 16.8 Å². The van der Waals surface area contributed by atoms with Gasteiger partial charge in [-0.25, -0.2) is 0 Å². The number of para-hydroxylation sites is 1. The summed E-state index contributed by atoms with van der Waals surface area (Å²) in [5.74, 6) is 0.962. The van der Waals surface area contributed by atoms with Gasteiger partial charge in [-0.1, -0.05) is 18.2 Å². The maximum atomic E-state index is 5.67. The number of nitrogens with zero attached hydrogens (tertiary/aromatic N) is 1. The minimum Gasteiger partial charge on any atom is -0.494 e. The molecule has 0 amide bonds. The molecule has 0 aliphatic rings. The van der Waals surface area contributed by atoms with Gasteiger partial charge in [0.15, 0.2) is 0 Å². The first kappa shape index (κ1) is 16.6. The van der Waals surface area contributed by atoms with E-state index in [1.165, 1.54) is 24.1 Å². The van der Waals surface area contributed by atoms with E-state index in [0.717, 1.165) is 30.9 Å². The van der Waals surface area contributed by atoms with Crippen LogP contribution in [0.15, 0.2) is 30.3 Å². The van der Waals surface area contributed by atoms with Crippen LogP contribution in [-0.2, 0) is 6.42 Å². The molecule has 0 unspecified atom stereocenters. The maximum Gasteiger partial charge on any atom is 0.119 e. The summed E-state index contributed by atoms with van der Waals surface area (Å²) in [6.07, 6.45) is 4.60. The second kappa shape index (κ2) is 8.64. The fourth-order valence-electron chi connectivity index (χ4n) is 2.23. The van der Waals surface area contributed by atoms with Crippen molar-refractivity contribution in [1.29, 1.82) is 0 Å². The van der Waals surface area contributed by atoms with Crippen LogP contribution in [0.4, 0.5) is 0 Å². The second-order valence-corrected chi connectivity index (χ2v) is 4.88. The van der Waals surface area contributed by atoms with Crippen molar-refractivity contribution in [3.63, 3.8) is 0 Å². The SMILES string of the molecule is Cc1n[nH]c(C)c1CCCCCOc1ccccc1.Cl. The molecule has 3 nitrogen and oxygen atoms in total. The molecule has 0 saturated carbocycles. The van der Waals surface area contributed by atoms with Crippen LogP contribution in [0.3, 0.4) is 0 Å². The number of hydrogen-bond acceptors (Lipinski definition) is 2. The molecular weight excluding hydrogens is 272 g/mol. The Labute approximate surface area is 127 Å². The number of nitrogens with one attached hydrogen (secondary N) is 1. The lowest BCUT2D eigenvalue weighted by Crippen LogP contribution is -1.98. The molecule has 4 heteroatoms. The van der Waals surface area contributed by atoms with Crippen LogP contribution in [0.2, 0.25) is 0 Å². The number of ether oxygens (including phenoxy) is 1. The monoisotopic (exact) mass is 294 g/mol. The lowest BCUT2D eigenvalue weighted by atomic mass is 10.1. The minimum atomic E-state index is 0. The maximum absolute atomic E-state index is 5.67. The predicted octanol–water partition coefficient (Wildman–Crippen LogP) is 4.24. The predicted molar refractivity (Wildman–Crippen MR) is 84.8 cm³/mol. The molecule has 0 atom stereocenters. The van der Waals surface area contributed by atoms with Gasteiger partial charge in [-0.3, -0.25) is 5.10 Å². The number of benzene rings is 1. The molecule has 0 aliphatic carbocycles. The van der Waals surface area contributed by atoms with E-state index in [4.69, 9.17) is 4.74 Å². The highest BCUT2D eigenvalue weighted by molar-refractivity contribution is 5.85. The normalized spacial score (nSPS) is 10.1. The fourth-order valence-corrected chi connectivity index (χ4v) is 2.23. The summed E-state index contributed by atoms with van der Waals surface area (Å²) in [6.45, 7) is 4.96. The molecule has 2 aromatic rings. The van der Waals surface area contributed by atoms with Gasteiger partial charge in [0.2, 0.25) is 0 Å². The zero-order valence-corrected chi connectivity index (χ0v) is 13.0. The van der Waals surface area contributed by atoms with Gasteiger partial charge in [0.1, 0.15) is 5.75 Å². The third kappa shape index (κ3) is 4.89. The zero-order valence-electron chi connectivity index (χ0n) is 12.2. The first-order valence-electron chi connectivity index (χ1n) is 6.95. The number of aromatic nitrogens is 2. The molecule has 0 fully saturated rings. The Hall–Kier alpha value is -1.48. The number of aryl methyl sites for hydroxylation is 2. The van der Waals surface area contributed by atoms with Crippen LogP contribution in [0, 0.1) is 13.8 Å². The fraction of sp³-hybridized carbons (Fsp3) is 0.438. The Kier molecular flexibility index (Phi) is 7.16. The molecule has 20 heavy (non-hydrogen) atoms. The summed E-state index contributed by atoms with van der Waals surface area (Å²) in [5.41, 5.74) is 3.72. The minimum absolute atomic E-state index is 0. The summed E-state index contributed by atoms with van der Waals surface area (Å²) >= 11 is 0. The molecule has 2 rings (SSSR count). The van der Waals surface area contributed by atoms with Crippen molar-refractivity contribution in [2.24, 2.45) is 0 Å². The van der Waals surface area contributed by atoms with Gasteiger partial charge < -0.3 is 4.74 Å². The summed E-state index contributed by atoms with van der Waals surface area (Å²) in [4.78, 5) is 0. The number of unbranched alkanes of at least 4 members (excludes halogenated alkanes) is 2. The van der Waals surface area contributed by atoms with E-state index in [2.05, 4.69) is 24.0 Å². The van der Waals surface area contributed by atoms with Crippen molar-refractivity contribution >= 4 is 12.4 Å². The van der Waals surface area contributed by atoms with Crippen LogP contribution in [0.1, 0.15) is 36.2 Å². The molecule has 0 spiro atoms. The highest BCUT2D eigenvalue weighted by atomic mass is 35.5. The van der Waals surface area contributed by atoms with Crippen LogP contribution in [0.5, 0.6) is 5.75 Å². The van der Waals surface area contributed by atoms with Crippen molar-refractivity contribution in [2.45, 2.75) is 39.5 Å². The first-order valence-corrected chi connectivity index (χ1v) is 6.95. The van der Waals surface area contributed by atoms with Crippen molar-refractivity contribution in [3.8, 4) is 5.75 Å². The largest absolute Gasteiger partial charge is 0.494 e. The number of H-pyrrole nitrogens is 1. The Bertz CT molecular complexity index is 477. The van der Waals surface area contributed by atoms with Crippen LogP contribution in [0.25, 0.3) is 0 Å². The lowest BCUT2D eigenvalue weighted by Gasteiger charge is -2.06. The van der Waals surface area contributed by atoms with E-state index < -0.39 is 0 Å². The van der Waals surface area contributed by atoms with Gasteiger partial charge >= 0.3 is 0 Å². The molecule has 0 bridgehead atoms. The van der Waals surface area contributed by atoms with Crippen molar-refractivity contribution in [2.75, 3.05) is 6.61 Å². The number of rotatable bonds is 7. The van der Waals surface area contributed by atoms with E-state index in [1.54, 1.807) is 0 Å². The van der Waals surface area contributed by atoms with Crippen molar-refractivity contribution < 1.29 is 4.74 Å². The van der Waals surface area contributed by atoms with Crippen molar-refractivity contribution in [1.82, 2.24) is 10.2 Å². The van der Waals surface area contributed by atoms with Crippen molar-refractivity contribution in [3.05, 3.63) is 47.3 Å². The summed E-state index contributed by atoms with van der Waals surface area (Å²) < 4.78 is 5.67. The third-order valence-corrected chi connectivity index (χ3v) is 3.36. The van der Waals surface area contributed by atoms with Crippen LogP contribution >= 0.6 is 12.4 Å². The third-order valence-electron chi connectivity index (χ3n) is 3.36. The molecule has 0 radical (unpaired) electrons. The zero-order chi connectivity index (χ0) is 13.5. The quantitative estimate of drug-likeness (QED) is 0.776. The topological polar surface area (TPSA) is 37.9 Å². The highest BCUT2D eigenvalue weighted by Gasteiger charge is 2.05. The molecule has 1 aromatic carbocycles. The summed E-state index contributed by atoms with van der Waals surface area (Å²) in [5, 5.41) is 7.26. The Balaban J connectivity index is 0.00000200. The lowest BCUT2D eigenvalue weighted by molar-refractivity contribution is 0.305. The van der Waals surface area contributed by atoms with E-state index in [1.807, 2.05) is 30.3 Å². The van der Waals surface area contributed by atoms with Crippen LogP contribution < -0.4 is 4.74 Å². The Morgan fingerprint density at radius 3 is 2.45 bits per heavy atom. The standard InChI is InChI=1S/C16H22N2O.ClH/c1-13-16(14(2)18-17-13)11-7-4-8-12-19-15-9-5-3-6-10-15;/h3,5-6,9-10H,4,7-8,11-12H2,1-2H3,(H,17,18);1H. The molecule has 0 aliphatic heterocycles. The number of aromatic amines is 1. The second-order valence-electron chi connectivity index (χ2n) is 4.88. The summed E-state index contributed by atoms with van der Waals surface area (Å²) in [6, 6.07) is 10.00. The van der Waals surface area contributed by atoms with Gasteiger partial charge in [0.25, 0.3) is 0 Å². The molecule has 1 N–H and O–H groups in total. The van der Waals surface area contributed by atoms with Gasteiger partial charge in [0, 0.05) is 5.69 Å². The average Bonchev–Trinajstić information content (AvgIpc) is 2.75. The van der Waals surface area contributed by atoms with Gasteiger partial charge in [-0.15, -0.1) is 12.4 Å². The summed E-state index contributed by atoms with van der Waals surface area (Å²) in [7, 11) is 0. The van der Waals surface area contributed by atoms with Gasteiger partial charge in [0.05, 0.1) is 12.3 Å². The van der Waals surface area contributed by atoms with Gasteiger partial charge in [-0.05, 0) is 57.2 Å². The Morgan fingerprint density at radius 1 is 1.05 bits per heavy atom. The highest BCUT2D eigenvalue weighted by Crippen LogP contribution is 2.14. The Morgan fingerprint density at radius 2 is 1.80 bits per heavy atom. The average molecular weight is 295 g/mol. The molecule has 0 saturated heterocycles.